The zero-order chi connectivity index (χ0) is 31.1. The highest BCUT2D eigenvalue weighted by Crippen LogP contribution is 2.42. The number of aliphatic hydroxyl groups excluding tert-OH is 1. The maximum atomic E-state index is 14.4. The van der Waals surface area contributed by atoms with Crippen LogP contribution in [0.15, 0.2) is 131 Å². The van der Waals surface area contributed by atoms with Crippen LogP contribution in [-0.2, 0) is 22.5 Å². The van der Waals surface area contributed by atoms with E-state index in [0.29, 0.717) is 37.6 Å². The highest BCUT2D eigenvalue weighted by atomic mass is 79.9. The summed E-state index contributed by atoms with van der Waals surface area (Å²) in [5.41, 5.74) is 8.47. The van der Waals surface area contributed by atoms with Crippen LogP contribution in [0.25, 0.3) is 10.8 Å². The van der Waals surface area contributed by atoms with Gasteiger partial charge < -0.3 is 14.6 Å². The van der Waals surface area contributed by atoms with E-state index in [-0.39, 0.29) is 12.5 Å². The van der Waals surface area contributed by atoms with Gasteiger partial charge in [0.25, 0.3) is 5.91 Å². The van der Waals surface area contributed by atoms with Crippen molar-refractivity contribution in [1.82, 2.24) is 10.9 Å². The van der Waals surface area contributed by atoms with E-state index >= 15 is 0 Å². The predicted molar refractivity (Wildman–Crippen MR) is 180 cm³/mol. The number of benzene rings is 5. The topological polar surface area (TPSA) is 92.2 Å². The Morgan fingerprint density at radius 1 is 0.889 bits per heavy atom. The maximum Gasteiger partial charge on any atom is 0.266 e. The van der Waals surface area contributed by atoms with Gasteiger partial charge in [0.1, 0.15) is 5.75 Å². The third kappa shape index (κ3) is 6.93. The van der Waals surface area contributed by atoms with Crippen LogP contribution in [0.4, 0.5) is 0 Å². The van der Waals surface area contributed by atoms with Gasteiger partial charge in [-0.2, -0.15) is 0 Å². The summed E-state index contributed by atoms with van der Waals surface area (Å²) in [6, 6.07) is 39.5. The molecule has 45 heavy (non-hydrogen) atoms. The Labute approximate surface area is 271 Å². The number of aliphatic imine (C=N–C) groups is 1. The van der Waals surface area contributed by atoms with Crippen molar-refractivity contribution in [1.29, 1.82) is 0 Å². The first-order valence-electron chi connectivity index (χ1n) is 15.0. The maximum absolute atomic E-state index is 14.4. The summed E-state index contributed by atoms with van der Waals surface area (Å²) in [4.78, 5) is 19.5. The highest BCUT2D eigenvalue weighted by Gasteiger charge is 2.53. The highest BCUT2D eigenvalue weighted by molar-refractivity contribution is 9.10. The summed E-state index contributed by atoms with van der Waals surface area (Å²) in [6.45, 7) is 0.932. The molecule has 0 aromatic heterocycles. The fraction of sp³-hybridized carbons (Fsp3) is 0.189. The lowest BCUT2D eigenvalue weighted by Gasteiger charge is -2.31. The predicted octanol–water partition coefficient (Wildman–Crippen LogP) is 6.68. The van der Waals surface area contributed by atoms with Crippen LogP contribution in [0.5, 0.6) is 5.75 Å². The van der Waals surface area contributed by atoms with Crippen LogP contribution in [0, 0.1) is 0 Å². The monoisotopic (exact) mass is 663 g/mol. The first-order valence-corrected chi connectivity index (χ1v) is 15.7. The number of aliphatic hydroxyl groups is 1. The molecule has 8 heteroatoms. The van der Waals surface area contributed by atoms with Gasteiger partial charge in [0.05, 0.1) is 6.61 Å². The van der Waals surface area contributed by atoms with Crippen molar-refractivity contribution >= 4 is 38.5 Å². The summed E-state index contributed by atoms with van der Waals surface area (Å²) < 4.78 is 13.3. The molecule has 1 amide bonds. The molecule has 1 aliphatic rings. The largest absolute Gasteiger partial charge is 0.494 e. The Morgan fingerprint density at radius 3 is 2.40 bits per heavy atom. The number of nitrogens with zero attached hydrogens (tertiary/aromatic N) is 1. The smallest absolute Gasteiger partial charge is 0.266 e. The van der Waals surface area contributed by atoms with Crippen molar-refractivity contribution in [3.63, 3.8) is 0 Å². The number of halogens is 1. The average molecular weight is 665 g/mol. The summed E-state index contributed by atoms with van der Waals surface area (Å²) in [6.07, 6.45) is 0.184. The molecule has 0 saturated carbocycles. The SMILES string of the molecule is O=C(NNCc1cccc2ccccc12)[C@@]1(Cc2ccc(Br)cc2)N=C(c2ccc(OCCCO)cc2)O[C@H]1c1ccccc1. The molecule has 0 unspecified atom stereocenters. The number of carbonyl (C=O) groups is 1. The number of hydrogen-bond donors (Lipinski definition) is 3. The number of rotatable bonds is 12. The van der Waals surface area contributed by atoms with Crippen LogP contribution in [0.2, 0.25) is 0 Å². The molecule has 6 rings (SSSR count). The Kier molecular flexibility index (Phi) is 9.55. The van der Waals surface area contributed by atoms with Crippen LogP contribution >= 0.6 is 15.9 Å². The fourth-order valence-corrected chi connectivity index (χ4v) is 5.86. The van der Waals surface area contributed by atoms with Crippen LogP contribution in [0.3, 0.4) is 0 Å². The summed E-state index contributed by atoms with van der Waals surface area (Å²) >= 11 is 3.52. The number of hydrazine groups is 1. The Bertz CT molecular complexity index is 1770. The Balaban J connectivity index is 1.34. The van der Waals surface area contributed by atoms with Gasteiger partial charge in [0.2, 0.25) is 5.90 Å². The molecule has 7 nitrogen and oxygen atoms in total. The lowest BCUT2D eigenvalue weighted by Crippen LogP contribution is -2.53. The first-order chi connectivity index (χ1) is 22.1. The quantitative estimate of drug-likeness (QED) is 0.102. The van der Waals surface area contributed by atoms with Gasteiger partial charge in [-0.15, -0.1) is 0 Å². The van der Waals surface area contributed by atoms with Crippen molar-refractivity contribution in [2.45, 2.75) is 31.0 Å². The average Bonchev–Trinajstić information content (AvgIpc) is 3.47. The molecule has 1 aliphatic heterocycles. The number of carbonyl (C=O) groups excluding carboxylic acids is 1. The third-order valence-corrected chi connectivity index (χ3v) is 8.41. The van der Waals surface area contributed by atoms with E-state index in [9.17, 15) is 4.79 Å². The molecule has 3 N–H and O–H groups in total. The number of hydrogen-bond acceptors (Lipinski definition) is 6. The molecule has 0 saturated heterocycles. The van der Waals surface area contributed by atoms with Crippen molar-refractivity contribution in [3.8, 4) is 5.75 Å². The minimum absolute atomic E-state index is 0.0723. The second-order valence-electron chi connectivity index (χ2n) is 10.9. The molecule has 0 radical (unpaired) electrons. The molecular weight excluding hydrogens is 630 g/mol. The Hall–Kier alpha value is -4.50. The zero-order valence-corrected chi connectivity index (χ0v) is 26.2. The van der Waals surface area contributed by atoms with E-state index in [1.54, 1.807) is 0 Å². The van der Waals surface area contributed by atoms with Crippen LogP contribution in [0.1, 0.15) is 34.8 Å². The van der Waals surface area contributed by atoms with Crippen LogP contribution < -0.4 is 15.6 Å². The van der Waals surface area contributed by atoms with E-state index in [1.165, 1.54) is 0 Å². The van der Waals surface area contributed by atoms with E-state index in [4.69, 9.17) is 19.6 Å². The Morgan fingerprint density at radius 2 is 1.62 bits per heavy atom. The van der Waals surface area contributed by atoms with Gasteiger partial charge in [0.15, 0.2) is 11.6 Å². The van der Waals surface area contributed by atoms with Gasteiger partial charge in [-0.1, -0.05) is 101 Å². The van der Waals surface area contributed by atoms with E-state index < -0.39 is 11.6 Å². The minimum atomic E-state index is -1.31. The molecule has 5 aromatic carbocycles. The molecule has 2 atom stereocenters. The second kappa shape index (κ2) is 14.1. The van der Waals surface area contributed by atoms with Gasteiger partial charge >= 0.3 is 0 Å². The van der Waals surface area contributed by atoms with Gasteiger partial charge in [-0.25, -0.2) is 10.4 Å². The number of amides is 1. The molecule has 5 aromatic rings. The number of ether oxygens (including phenoxy) is 2. The third-order valence-electron chi connectivity index (χ3n) is 7.88. The summed E-state index contributed by atoms with van der Waals surface area (Å²) in [5.74, 6) is 0.771. The number of nitrogens with one attached hydrogen (secondary N) is 2. The van der Waals surface area contributed by atoms with Crippen molar-refractivity contribution < 1.29 is 19.4 Å². The van der Waals surface area contributed by atoms with Gasteiger partial charge in [-0.3, -0.25) is 10.2 Å². The van der Waals surface area contributed by atoms with Crippen molar-refractivity contribution in [3.05, 3.63) is 148 Å². The molecule has 1 heterocycles. The summed E-state index contributed by atoms with van der Waals surface area (Å²) in [5, 5.41) is 11.3. The standard InChI is InChI=1S/C37H34BrN3O4/c38-31-18-14-26(15-19-31)24-37(36(43)41-39-25-30-12-6-11-27-8-4-5-13-33(27)30)34(28-9-2-1-3-10-28)45-35(40-37)29-16-20-32(21-17-29)44-23-7-22-42/h1-6,8-21,34,39,42H,7,22-25H2,(H,41,43)/t34-,37-/m0/s1. The molecule has 0 spiro atoms. The molecular formula is C37H34BrN3O4. The molecule has 0 aliphatic carbocycles. The lowest BCUT2D eigenvalue weighted by molar-refractivity contribution is -0.130. The fourth-order valence-electron chi connectivity index (χ4n) is 5.60. The van der Waals surface area contributed by atoms with E-state index in [1.807, 2.05) is 97.1 Å². The zero-order valence-electron chi connectivity index (χ0n) is 24.7. The molecule has 0 bridgehead atoms. The first kappa shape index (κ1) is 30.5. The lowest BCUT2D eigenvalue weighted by atomic mass is 9.82. The minimum Gasteiger partial charge on any atom is -0.494 e. The van der Waals surface area contributed by atoms with Crippen molar-refractivity contribution in [2.24, 2.45) is 4.99 Å². The van der Waals surface area contributed by atoms with E-state index in [2.05, 4.69) is 51.0 Å². The molecule has 228 valence electrons. The van der Waals surface area contributed by atoms with Gasteiger partial charge in [0, 0.05) is 36.0 Å². The number of fused-ring (bicyclic) bond motifs is 1. The molecule has 0 fully saturated rings. The normalized spacial score (nSPS) is 17.5. The van der Waals surface area contributed by atoms with Gasteiger partial charge in [-0.05, 0) is 63.9 Å². The van der Waals surface area contributed by atoms with E-state index in [0.717, 1.165) is 37.5 Å². The second-order valence-corrected chi connectivity index (χ2v) is 11.9. The van der Waals surface area contributed by atoms with Crippen molar-refractivity contribution in [2.75, 3.05) is 13.2 Å². The van der Waals surface area contributed by atoms with Crippen LogP contribution in [-0.4, -0.2) is 35.7 Å². The summed E-state index contributed by atoms with van der Waals surface area (Å²) in [7, 11) is 0.